The quantitative estimate of drug-likeness (QED) is 0.0803. The summed E-state index contributed by atoms with van der Waals surface area (Å²) in [5.74, 6) is -0.653. The third kappa shape index (κ3) is 39.4. The summed E-state index contributed by atoms with van der Waals surface area (Å²) in [5, 5.41) is 8.52. The number of aliphatic carboxylic acids is 1. The molecule has 3 heteroatoms. The molecule has 0 rings (SSSR count). The molecule has 248 valence electrons. The highest BCUT2D eigenvalue weighted by Crippen LogP contribution is 2.17. The molecule has 0 aromatic rings. The van der Waals surface area contributed by atoms with Crippen molar-refractivity contribution in [1.29, 1.82) is 0 Å². The van der Waals surface area contributed by atoms with E-state index in [-0.39, 0.29) is 0 Å². The van der Waals surface area contributed by atoms with Gasteiger partial charge in [-0.15, -0.1) is 0 Å². The van der Waals surface area contributed by atoms with E-state index in [1.807, 2.05) is 0 Å². The minimum Gasteiger partial charge on any atom is -0.481 e. The molecule has 0 aliphatic heterocycles. The molecular weight excluding hydrogens is 502 g/mol. The van der Waals surface area contributed by atoms with Crippen molar-refractivity contribution in [3.05, 3.63) is 0 Å². The van der Waals surface area contributed by atoms with E-state index in [0.29, 0.717) is 6.42 Å². The van der Waals surface area contributed by atoms with Gasteiger partial charge in [0, 0.05) is 12.5 Å². The molecule has 41 heavy (non-hydrogen) atoms. The van der Waals surface area contributed by atoms with Gasteiger partial charge in [0.25, 0.3) is 0 Å². The van der Waals surface area contributed by atoms with Crippen LogP contribution in [0.4, 0.5) is 0 Å². The molecule has 0 amide bonds. The van der Waals surface area contributed by atoms with Crippen molar-refractivity contribution in [3.63, 3.8) is 0 Å². The molecule has 0 bridgehead atoms. The number of hydrogen-bond donors (Lipinski definition) is 1. The van der Waals surface area contributed by atoms with Gasteiger partial charge in [0.15, 0.2) is 0 Å². The lowest BCUT2D eigenvalue weighted by Gasteiger charge is -2.24. The van der Waals surface area contributed by atoms with E-state index < -0.39 is 5.97 Å². The Morgan fingerprint density at radius 2 is 0.683 bits per heavy atom. The molecule has 0 fully saturated rings. The average molecular weight is 582 g/mol. The first-order valence-electron chi connectivity index (χ1n) is 18.9. The van der Waals surface area contributed by atoms with Crippen LogP contribution in [0.2, 0.25) is 0 Å². The first-order chi connectivity index (χ1) is 20.0. The molecular formula is C38H79NO2. The van der Waals surface area contributed by atoms with Gasteiger partial charge in [0.2, 0.25) is 0 Å². The predicted molar refractivity (Wildman–Crippen MR) is 185 cm³/mol. The second-order valence-electron chi connectivity index (χ2n) is 13.2. The van der Waals surface area contributed by atoms with Crippen molar-refractivity contribution < 1.29 is 9.90 Å². The highest BCUT2D eigenvalue weighted by molar-refractivity contribution is 5.66. The number of nitrogens with zero attached hydrogens (tertiary/aromatic N) is 1. The molecule has 0 aliphatic carbocycles. The van der Waals surface area contributed by atoms with Crippen LogP contribution >= 0.6 is 0 Å². The zero-order valence-electron chi connectivity index (χ0n) is 29.3. The van der Waals surface area contributed by atoms with Crippen LogP contribution in [0.5, 0.6) is 0 Å². The molecule has 1 unspecified atom stereocenters. The summed E-state index contributed by atoms with van der Waals surface area (Å²) in [5.41, 5.74) is 0. The highest BCUT2D eigenvalue weighted by Gasteiger charge is 2.10. The number of carboxylic acid groups (broad SMARTS) is 1. The molecule has 0 spiro atoms. The second-order valence-corrected chi connectivity index (χ2v) is 13.2. The second kappa shape index (κ2) is 37.5. The van der Waals surface area contributed by atoms with Crippen LogP contribution < -0.4 is 0 Å². The summed E-state index contributed by atoms with van der Waals surface area (Å²) in [6.07, 6.45) is 41.6. The van der Waals surface area contributed by atoms with Crippen LogP contribution in [-0.2, 0) is 4.79 Å². The maximum absolute atomic E-state index is 10.3. The molecule has 1 N–H and O–H groups in total. The number of carbonyl (C=O) groups is 1. The van der Waals surface area contributed by atoms with Crippen molar-refractivity contribution in [2.24, 2.45) is 0 Å². The fourth-order valence-corrected chi connectivity index (χ4v) is 5.81. The van der Waals surface area contributed by atoms with Crippen LogP contribution in [0.1, 0.15) is 220 Å². The molecule has 0 saturated heterocycles. The fourth-order valence-electron chi connectivity index (χ4n) is 5.81. The Balaban J connectivity index is 0. The van der Waals surface area contributed by atoms with Gasteiger partial charge in [-0.05, 0) is 33.4 Å². The van der Waals surface area contributed by atoms with E-state index in [9.17, 15) is 4.79 Å². The normalized spacial score (nSPS) is 12.0. The van der Waals surface area contributed by atoms with E-state index in [1.165, 1.54) is 180 Å². The summed E-state index contributed by atoms with van der Waals surface area (Å²) < 4.78 is 0. The van der Waals surface area contributed by atoms with E-state index >= 15 is 0 Å². The lowest BCUT2D eigenvalue weighted by atomic mass is 9.99. The smallest absolute Gasteiger partial charge is 0.303 e. The van der Waals surface area contributed by atoms with Gasteiger partial charge in [0.1, 0.15) is 0 Å². The number of rotatable bonds is 32. The van der Waals surface area contributed by atoms with Crippen molar-refractivity contribution >= 4 is 5.97 Å². The minimum atomic E-state index is -0.653. The predicted octanol–water partition coefficient (Wildman–Crippen LogP) is 13.1. The molecule has 0 heterocycles. The van der Waals surface area contributed by atoms with Crippen LogP contribution in [-0.4, -0.2) is 36.1 Å². The fraction of sp³-hybridized carbons (Fsp3) is 0.974. The maximum atomic E-state index is 10.3. The largest absolute Gasteiger partial charge is 0.481 e. The molecule has 0 aliphatic rings. The number of carboxylic acids is 1. The Morgan fingerprint density at radius 3 is 0.927 bits per heavy atom. The van der Waals surface area contributed by atoms with Crippen molar-refractivity contribution in [2.75, 3.05) is 14.1 Å². The van der Waals surface area contributed by atoms with Gasteiger partial charge in [-0.1, -0.05) is 194 Å². The Labute approximate surface area is 260 Å². The average Bonchev–Trinajstić information content (AvgIpc) is 2.95. The summed E-state index contributed by atoms with van der Waals surface area (Å²) in [6.45, 7) is 6.86. The zero-order valence-corrected chi connectivity index (χ0v) is 29.3. The summed E-state index contributed by atoms with van der Waals surface area (Å²) in [4.78, 5) is 12.8. The summed E-state index contributed by atoms with van der Waals surface area (Å²) in [6, 6.07) is 0.826. The lowest BCUT2D eigenvalue weighted by molar-refractivity contribution is -0.137. The van der Waals surface area contributed by atoms with E-state index in [4.69, 9.17) is 5.11 Å². The van der Waals surface area contributed by atoms with Gasteiger partial charge in [-0.2, -0.15) is 0 Å². The van der Waals surface area contributed by atoms with Crippen molar-refractivity contribution in [1.82, 2.24) is 4.90 Å². The molecule has 0 aromatic heterocycles. The Morgan fingerprint density at radius 1 is 0.439 bits per heavy atom. The topological polar surface area (TPSA) is 40.5 Å². The first kappa shape index (κ1) is 42.6. The Kier molecular flexibility index (Phi) is 38.9. The summed E-state index contributed by atoms with van der Waals surface area (Å²) >= 11 is 0. The Hall–Kier alpha value is -0.570. The van der Waals surface area contributed by atoms with E-state index in [0.717, 1.165) is 18.9 Å². The van der Waals surface area contributed by atoms with Gasteiger partial charge < -0.3 is 10.0 Å². The number of unbranched alkanes of at least 4 members (excludes halogenated alkanes) is 25. The van der Waals surface area contributed by atoms with Gasteiger partial charge in [-0.3, -0.25) is 4.79 Å². The Bertz CT molecular complexity index is 479. The van der Waals surface area contributed by atoms with Crippen molar-refractivity contribution in [3.8, 4) is 0 Å². The standard InChI is InChI=1S/C20H43N.C18H36O2/c1-5-7-9-11-13-15-17-19-20(21(3)4)18-16-14-12-10-8-6-2;1-2-3-4-5-6-7-8-9-10-11-12-13-14-15-16-17-18(19)20/h20H,5-19H2,1-4H3;2-17H2,1H3,(H,19,20). The molecule has 3 nitrogen and oxygen atoms in total. The van der Waals surface area contributed by atoms with E-state index in [2.05, 4.69) is 39.8 Å². The number of hydrogen-bond acceptors (Lipinski definition) is 2. The third-order valence-electron chi connectivity index (χ3n) is 8.76. The van der Waals surface area contributed by atoms with Crippen LogP contribution in [0.15, 0.2) is 0 Å². The molecule has 1 atom stereocenters. The van der Waals surface area contributed by atoms with Gasteiger partial charge in [0.05, 0.1) is 0 Å². The van der Waals surface area contributed by atoms with Crippen molar-refractivity contribution in [2.45, 2.75) is 226 Å². The van der Waals surface area contributed by atoms with Crippen LogP contribution in [0.25, 0.3) is 0 Å². The van der Waals surface area contributed by atoms with E-state index in [1.54, 1.807) is 0 Å². The minimum absolute atomic E-state index is 0.345. The zero-order chi connectivity index (χ0) is 30.7. The maximum Gasteiger partial charge on any atom is 0.303 e. The SMILES string of the molecule is CCCCCCCCCC(CCCCCCCC)N(C)C.CCCCCCCCCCCCCCCCCC(=O)O. The molecule has 0 radical (unpaired) electrons. The third-order valence-corrected chi connectivity index (χ3v) is 8.76. The summed E-state index contributed by atoms with van der Waals surface area (Å²) in [7, 11) is 4.53. The lowest BCUT2D eigenvalue weighted by Crippen LogP contribution is -2.27. The van der Waals surface area contributed by atoms with Gasteiger partial charge in [-0.25, -0.2) is 0 Å². The molecule has 0 saturated carbocycles. The highest BCUT2D eigenvalue weighted by atomic mass is 16.4. The van der Waals surface area contributed by atoms with Crippen LogP contribution in [0, 0.1) is 0 Å². The monoisotopic (exact) mass is 582 g/mol. The molecule has 0 aromatic carbocycles. The van der Waals surface area contributed by atoms with Gasteiger partial charge >= 0.3 is 5.97 Å². The first-order valence-corrected chi connectivity index (χ1v) is 18.9. The van der Waals surface area contributed by atoms with Crippen LogP contribution in [0.3, 0.4) is 0 Å².